The minimum absolute atomic E-state index is 0.330. The molecule has 0 atom stereocenters. The van der Waals surface area contributed by atoms with E-state index >= 15 is 0 Å². The van der Waals surface area contributed by atoms with E-state index in [-0.39, 0.29) is 5.97 Å². The fourth-order valence-corrected chi connectivity index (χ4v) is 5.77. The molecule has 100 valence electrons. The lowest BCUT2D eigenvalue weighted by molar-refractivity contribution is -0.138. The second-order valence-electron chi connectivity index (χ2n) is 4.99. The van der Waals surface area contributed by atoms with Gasteiger partial charge >= 0.3 is 5.97 Å². The van der Waals surface area contributed by atoms with E-state index in [9.17, 15) is 4.79 Å². The second kappa shape index (κ2) is 6.12. The fourth-order valence-electron chi connectivity index (χ4n) is 1.54. The van der Waals surface area contributed by atoms with E-state index in [4.69, 9.17) is 4.74 Å². The van der Waals surface area contributed by atoms with Crippen LogP contribution in [0.4, 0.5) is 0 Å². The summed E-state index contributed by atoms with van der Waals surface area (Å²) >= 11 is 5.08. The number of carbonyl (C=O) groups excluding carboxylic acids is 1. The van der Waals surface area contributed by atoms with Crippen LogP contribution in [0.15, 0.2) is 16.1 Å². The Morgan fingerprint density at radius 1 is 1.50 bits per heavy atom. The maximum absolute atomic E-state index is 11.6. The minimum atomic E-state index is -1.44. The standard InChI is InChI=1S/C12H18BrNO2SSi/c1-6-16-10(15)8(2)7-9-11(18(3,4)5)17-12(13)14-9/h2,6-7H2,1,3-5H3. The average Bonchev–Trinajstić information content (AvgIpc) is 2.59. The number of aromatic nitrogens is 1. The van der Waals surface area contributed by atoms with Crippen molar-refractivity contribution in [3.8, 4) is 0 Å². The SMILES string of the molecule is C=C(Cc1nc(Br)sc1[Si](C)(C)C)C(=O)OCC. The largest absolute Gasteiger partial charge is 0.463 e. The van der Waals surface area contributed by atoms with Gasteiger partial charge in [-0.3, -0.25) is 0 Å². The summed E-state index contributed by atoms with van der Waals surface area (Å²) in [6.45, 7) is 12.8. The Hall–Kier alpha value is -0.463. The second-order valence-corrected chi connectivity index (χ2v) is 12.6. The number of nitrogens with zero attached hydrogens (tertiary/aromatic N) is 1. The van der Waals surface area contributed by atoms with Gasteiger partial charge < -0.3 is 4.74 Å². The monoisotopic (exact) mass is 347 g/mol. The Labute approximate surface area is 121 Å². The van der Waals surface area contributed by atoms with Crippen LogP contribution in [0.5, 0.6) is 0 Å². The Kier molecular flexibility index (Phi) is 5.30. The molecule has 0 bridgehead atoms. The molecule has 18 heavy (non-hydrogen) atoms. The van der Waals surface area contributed by atoms with Gasteiger partial charge in [-0.25, -0.2) is 9.78 Å². The van der Waals surface area contributed by atoms with Crippen molar-refractivity contribution in [1.82, 2.24) is 4.98 Å². The summed E-state index contributed by atoms with van der Waals surface area (Å²) in [4.78, 5) is 16.0. The van der Waals surface area contributed by atoms with Crippen molar-refractivity contribution in [2.24, 2.45) is 0 Å². The molecule has 1 aromatic heterocycles. The molecule has 1 aromatic rings. The maximum Gasteiger partial charge on any atom is 0.333 e. The first kappa shape index (κ1) is 15.6. The Bertz CT molecular complexity index is 465. The first-order valence-corrected chi connectivity index (χ1v) is 10.9. The molecule has 0 radical (unpaired) electrons. The highest BCUT2D eigenvalue weighted by Crippen LogP contribution is 2.21. The first-order chi connectivity index (χ1) is 8.25. The van der Waals surface area contributed by atoms with Gasteiger partial charge in [0.05, 0.1) is 20.4 Å². The quantitative estimate of drug-likeness (QED) is 0.466. The smallest absolute Gasteiger partial charge is 0.333 e. The molecule has 0 aliphatic rings. The van der Waals surface area contributed by atoms with E-state index in [1.807, 2.05) is 0 Å². The van der Waals surface area contributed by atoms with Crippen LogP contribution in [0.25, 0.3) is 0 Å². The summed E-state index contributed by atoms with van der Waals surface area (Å²) in [6, 6.07) is 0. The van der Waals surface area contributed by atoms with Crippen LogP contribution >= 0.6 is 27.3 Å². The lowest BCUT2D eigenvalue weighted by Crippen LogP contribution is -2.38. The Morgan fingerprint density at radius 3 is 2.61 bits per heavy atom. The topological polar surface area (TPSA) is 39.2 Å². The third-order valence-electron chi connectivity index (χ3n) is 2.30. The average molecular weight is 348 g/mol. The summed E-state index contributed by atoms with van der Waals surface area (Å²) in [5.41, 5.74) is 1.43. The third-order valence-corrected chi connectivity index (χ3v) is 7.45. The van der Waals surface area contributed by atoms with Gasteiger partial charge in [0.15, 0.2) is 3.92 Å². The van der Waals surface area contributed by atoms with Crippen LogP contribution < -0.4 is 4.50 Å². The van der Waals surface area contributed by atoms with Gasteiger partial charge in [0.1, 0.15) is 0 Å². The van der Waals surface area contributed by atoms with Gasteiger partial charge in [0, 0.05) is 16.5 Å². The van der Waals surface area contributed by atoms with Crippen molar-refractivity contribution in [3.05, 3.63) is 21.8 Å². The van der Waals surface area contributed by atoms with Crippen molar-refractivity contribution >= 4 is 45.8 Å². The molecule has 0 aliphatic heterocycles. The van der Waals surface area contributed by atoms with Gasteiger partial charge in [0.25, 0.3) is 0 Å². The molecule has 1 rings (SSSR count). The first-order valence-electron chi connectivity index (χ1n) is 5.76. The summed E-state index contributed by atoms with van der Waals surface area (Å²) in [7, 11) is -1.44. The molecule has 0 aliphatic carbocycles. The summed E-state index contributed by atoms with van der Waals surface area (Å²) < 4.78 is 7.12. The zero-order chi connectivity index (χ0) is 13.9. The van der Waals surface area contributed by atoms with E-state index in [0.717, 1.165) is 9.61 Å². The highest BCUT2D eigenvalue weighted by atomic mass is 79.9. The molecule has 3 nitrogen and oxygen atoms in total. The molecular formula is C12H18BrNO2SSi. The number of hydrogen-bond donors (Lipinski definition) is 0. The summed E-state index contributed by atoms with van der Waals surface area (Å²) in [5, 5.41) is 0. The molecule has 0 fully saturated rings. The van der Waals surface area contributed by atoms with E-state index in [0.29, 0.717) is 18.6 Å². The summed E-state index contributed by atoms with van der Waals surface area (Å²) in [5.74, 6) is -0.330. The van der Waals surface area contributed by atoms with Crippen LogP contribution in [0.3, 0.4) is 0 Å². The number of ether oxygens (including phenoxy) is 1. The lowest BCUT2D eigenvalue weighted by atomic mass is 10.2. The molecule has 0 N–H and O–H groups in total. The van der Waals surface area contributed by atoms with Crippen molar-refractivity contribution in [3.63, 3.8) is 0 Å². The molecule has 0 unspecified atom stereocenters. The summed E-state index contributed by atoms with van der Waals surface area (Å²) in [6.07, 6.45) is 0.473. The van der Waals surface area contributed by atoms with Gasteiger partial charge in [-0.2, -0.15) is 0 Å². The number of thiazole rings is 1. The van der Waals surface area contributed by atoms with Crippen LogP contribution in [0, 0.1) is 0 Å². The maximum atomic E-state index is 11.6. The van der Waals surface area contributed by atoms with Gasteiger partial charge in [0.2, 0.25) is 0 Å². The highest BCUT2D eigenvalue weighted by molar-refractivity contribution is 9.11. The highest BCUT2D eigenvalue weighted by Gasteiger charge is 2.25. The fraction of sp³-hybridized carbons (Fsp3) is 0.500. The van der Waals surface area contributed by atoms with E-state index in [2.05, 4.69) is 47.1 Å². The molecule has 6 heteroatoms. The zero-order valence-corrected chi connectivity index (χ0v) is 14.6. The number of carbonyl (C=O) groups is 1. The minimum Gasteiger partial charge on any atom is -0.463 e. The van der Waals surface area contributed by atoms with Gasteiger partial charge in [-0.15, -0.1) is 11.3 Å². The predicted octanol–water partition coefficient (Wildman–Crippen LogP) is 3.11. The zero-order valence-electron chi connectivity index (χ0n) is 11.2. The molecule has 1 heterocycles. The van der Waals surface area contributed by atoms with Crippen molar-refractivity contribution in [2.75, 3.05) is 6.61 Å². The number of rotatable bonds is 5. The van der Waals surface area contributed by atoms with Gasteiger partial charge in [-0.05, 0) is 22.9 Å². The molecule has 0 saturated heterocycles. The molecule has 0 amide bonds. The number of hydrogen-bond acceptors (Lipinski definition) is 4. The van der Waals surface area contributed by atoms with E-state index in [1.54, 1.807) is 18.3 Å². The normalized spacial score (nSPS) is 11.4. The molecule has 0 saturated carbocycles. The van der Waals surface area contributed by atoms with Gasteiger partial charge in [-0.1, -0.05) is 26.2 Å². The Balaban J connectivity index is 2.91. The lowest BCUT2D eigenvalue weighted by Gasteiger charge is -2.15. The van der Waals surface area contributed by atoms with Crippen molar-refractivity contribution < 1.29 is 9.53 Å². The van der Waals surface area contributed by atoms with E-state index < -0.39 is 8.07 Å². The third kappa shape index (κ3) is 4.03. The van der Waals surface area contributed by atoms with Crippen LogP contribution in [-0.2, 0) is 16.0 Å². The van der Waals surface area contributed by atoms with Crippen LogP contribution in [0.1, 0.15) is 12.6 Å². The van der Waals surface area contributed by atoms with E-state index in [1.165, 1.54) is 4.50 Å². The van der Waals surface area contributed by atoms with Crippen molar-refractivity contribution in [1.29, 1.82) is 0 Å². The molecule has 0 spiro atoms. The number of esters is 1. The van der Waals surface area contributed by atoms with Crippen LogP contribution in [-0.4, -0.2) is 25.6 Å². The predicted molar refractivity (Wildman–Crippen MR) is 82.3 cm³/mol. The molecule has 0 aromatic carbocycles. The van der Waals surface area contributed by atoms with Crippen molar-refractivity contribution in [2.45, 2.75) is 33.0 Å². The Morgan fingerprint density at radius 2 is 2.11 bits per heavy atom. The van der Waals surface area contributed by atoms with Crippen LogP contribution in [0.2, 0.25) is 19.6 Å². The number of halogens is 1. The molecular weight excluding hydrogens is 330 g/mol.